The van der Waals surface area contributed by atoms with Crippen LogP contribution in [0, 0.1) is 12.8 Å². The number of carbonyl (C=O) groups is 1. The van der Waals surface area contributed by atoms with E-state index in [4.69, 9.17) is 18.9 Å². The number of aromatic nitrogens is 4. The molecule has 3 aromatic heterocycles. The molecule has 11 heteroatoms. The van der Waals surface area contributed by atoms with Gasteiger partial charge in [0, 0.05) is 49.2 Å². The van der Waals surface area contributed by atoms with E-state index in [1.807, 2.05) is 31.2 Å². The van der Waals surface area contributed by atoms with Crippen molar-refractivity contribution in [2.45, 2.75) is 26.3 Å². The van der Waals surface area contributed by atoms with Crippen molar-refractivity contribution in [1.82, 2.24) is 19.7 Å². The van der Waals surface area contributed by atoms with Crippen LogP contribution in [0.4, 0.5) is 5.82 Å². The first-order valence-electron chi connectivity index (χ1n) is 14.6. The monoisotopic (exact) mass is 607 g/mol. The number of methoxy groups -OCH3 is 2. The Bertz CT molecular complexity index is 1880. The molecule has 5 aromatic rings. The van der Waals surface area contributed by atoms with Gasteiger partial charge in [-0.15, -0.1) is 0 Å². The molecule has 0 saturated carbocycles. The van der Waals surface area contributed by atoms with E-state index in [9.17, 15) is 9.59 Å². The smallest absolute Gasteiger partial charge is 0.281 e. The second-order valence-corrected chi connectivity index (χ2v) is 10.8. The van der Waals surface area contributed by atoms with E-state index in [-0.39, 0.29) is 11.5 Å². The minimum absolute atomic E-state index is 0.199. The minimum Gasteiger partial charge on any atom is -0.493 e. The Morgan fingerprint density at radius 2 is 1.73 bits per heavy atom. The Morgan fingerprint density at radius 3 is 2.44 bits per heavy atom. The van der Waals surface area contributed by atoms with Gasteiger partial charge in [0.15, 0.2) is 17.2 Å². The maximum atomic E-state index is 13.6. The SMILES string of the molecule is COc1cc2nccc(Oc3ccc(NC(=O)c4nn(CC5CCOCC5)cc(-c5ccc(C)cc5)c4=O)nc3)c2cc1OC. The van der Waals surface area contributed by atoms with Gasteiger partial charge in [0.25, 0.3) is 5.91 Å². The molecule has 1 saturated heterocycles. The van der Waals surface area contributed by atoms with Crippen molar-refractivity contribution in [1.29, 1.82) is 0 Å². The molecular weight excluding hydrogens is 574 g/mol. The van der Waals surface area contributed by atoms with Crippen molar-refractivity contribution in [3.63, 3.8) is 0 Å². The molecule has 0 spiro atoms. The summed E-state index contributed by atoms with van der Waals surface area (Å²) in [5.74, 6) is 2.03. The minimum atomic E-state index is -0.642. The number of aryl methyl sites for hydroxylation is 1. The van der Waals surface area contributed by atoms with Crippen LogP contribution in [0.25, 0.3) is 22.0 Å². The third-order valence-corrected chi connectivity index (χ3v) is 7.74. The second-order valence-electron chi connectivity index (χ2n) is 10.8. The zero-order valence-electron chi connectivity index (χ0n) is 25.3. The maximum Gasteiger partial charge on any atom is 0.281 e. The number of amides is 1. The summed E-state index contributed by atoms with van der Waals surface area (Å²) in [4.78, 5) is 35.8. The number of anilines is 1. The Labute approximate surface area is 259 Å². The molecule has 0 unspecified atom stereocenters. The first-order chi connectivity index (χ1) is 21.9. The molecule has 1 fully saturated rings. The Balaban J connectivity index is 1.24. The molecule has 45 heavy (non-hydrogen) atoms. The van der Waals surface area contributed by atoms with Crippen LogP contribution in [-0.2, 0) is 11.3 Å². The van der Waals surface area contributed by atoms with Crippen LogP contribution in [0.5, 0.6) is 23.0 Å². The van der Waals surface area contributed by atoms with Gasteiger partial charge in [-0.2, -0.15) is 5.10 Å². The molecule has 6 rings (SSSR count). The molecule has 0 aliphatic carbocycles. The van der Waals surface area contributed by atoms with Crippen molar-refractivity contribution in [2.75, 3.05) is 32.8 Å². The van der Waals surface area contributed by atoms with E-state index < -0.39 is 11.3 Å². The fourth-order valence-electron chi connectivity index (χ4n) is 5.27. The lowest BCUT2D eigenvalue weighted by Gasteiger charge is -2.23. The first kappa shape index (κ1) is 29.8. The topological polar surface area (TPSA) is 127 Å². The summed E-state index contributed by atoms with van der Waals surface area (Å²) in [6, 6.07) is 16.2. The van der Waals surface area contributed by atoms with Gasteiger partial charge in [0.2, 0.25) is 5.43 Å². The lowest BCUT2D eigenvalue weighted by Crippen LogP contribution is -2.29. The summed E-state index contributed by atoms with van der Waals surface area (Å²) in [5.41, 5.74) is 2.24. The van der Waals surface area contributed by atoms with E-state index in [0.29, 0.717) is 59.8 Å². The molecule has 0 atom stereocenters. The Morgan fingerprint density at radius 1 is 0.978 bits per heavy atom. The van der Waals surface area contributed by atoms with Crippen LogP contribution in [0.1, 0.15) is 28.9 Å². The van der Waals surface area contributed by atoms with Gasteiger partial charge in [-0.3, -0.25) is 19.3 Å². The number of pyridine rings is 2. The fourth-order valence-corrected chi connectivity index (χ4v) is 5.27. The predicted molar refractivity (Wildman–Crippen MR) is 169 cm³/mol. The quantitative estimate of drug-likeness (QED) is 0.226. The standard InChI is InChI=1S/C34H33N5O6/c1-21-4-6-23(7-5-21)26-20-39(19-22-11-14-44-15-12-22)38-32(33(26)40)34(41)37-31-9-8-24(18-36-31)45-28-10-13-35-27-17-30(43-3)29(42-2)16-25(27)28/h4-10,13,16-18,20,22H,11-12,14-15,19H2,1-3H3,(H,36,37,41). The van der Waals surface area contributed by atoms with Crippen LogP contribution in [0.3, 0.4) is 0 Å². The average molecular weight is 608 g/mol. The van der Waals surface area contributed by atoms with Gasteiger partial charge in [-0.25, -0.2) is 4.98 Å². The third-order valence-electron chi connectivity index (χ3n) is 7.74. The largest absolute Gasteiger partial charge is 0.493 e. The molecule has 1 amide bonds. The van der Waals surface area contributed by atoms with Crippen LogP contribution in [0.2, 0.25) is 0 Å². The molecule has 1 aliphatic heterocycles. The van der Waals surface area contributed by atoms with Crippen LogP contribution < -0.4 is 25.0 Å². The second kappa shape index (κ2) is 13.1. The predicted octanol–water partition coefficient (Wildman–Crippen LogP) is 5.65. The lowest BCUT2D eigenvalue weighted by molar-refractivity contribution is 0.0599. The summed E-state index contributed by atoms with van der Waals surface area (Å²) >= 11 is 0. The Hall–Kier alpha value is -5.29. The highest BCUT2D eigenvalue weighted by Gasteiger charge is 2.21. The van der Waals surface area contributed by atoms with Gasteiger partial charge >= 0.3 is 0 Å². The van der Waals surface area contributed by atoms with E-state index in [1.54, 1.807) is 61.6 Å². The number of hydrogen-bond acceptors (Lipinski definition) is 9. The summed E-state index contributed by atoms with van der Waals surface area (Å²) in [5, 5.41) is 7.92. The normalized spacial score (nSPS) is 13.4. The highest BCUT2D eigenvalue weighted by Crippen LogP contribution is 2.36. The highest BCUT2D eigenvalue weighted by atomic mass is 16.5. The van der Waals surface area contributed by atoms with E-state index in [0.717, 1.165) is 29.4 Å². The van der Waals surface area contributed by atoms with Crippen molar-refractivity contribution in [3.8, 4) is 34.1 Å². The van der Waals surface area contributed by atoms with Crippen molar-refractivity contribution < 1.29 is 23.7 Å². The molecule has 1 aliphatic rings. The van der Waals surface area contributed by atoms with E-state index in [2.05, 4.69) is 20.4 Å². The number of hydrogen-bond donors (Lipinski definition) is 1. The van der Waals surface area contributed by atoms with Crippen LogP contribution in [-0.4, -0.2) is 53.1 Å². The lowest BCUT2D eigenvalue weighted by atomic mass is 10.0. The maximum absolute atomic E-state index is 13.6. The van der Waals surface area contributed by atoms with Crippen molar-refractivity contribution >= 4 is 22.6 Å². The number of benzene rings is 2. The number of nitrogens with zero attached hydrogens (tertiary/aromatic N) is 4. The summed E-state index contributed by atoms with van der Waals surface area (Å²) in [7, 11) is 3.13. The number of fused-ring (bicyclic) bond motifs is 1. The molecule has 0 radical (unpaired) electrons. The van der Waals surface area contributed by atoms with Crippen molar-refractivity contribution in [3.05, 3.63) is 94.7 Å². The molecular formula is C34H33N5O6. The fraction of sp³-hybridized carbons (Fsp3) is 0.265. The van der Waals surface area contributed by atoms with Gasteiger partial charge in [-0.05, 0) is 55.5 Å². The van der Waals surface area contributed by atoms with E-state index >= 15 is 0 Å². The molecule has 2 aromatic carbocycles. The third kappa shape index (κ3) is 6.63. The summed E-state index contributed by atoms with van der Waals surface area (Å²) in [6.45, 7) is 3.94. The molecule has 11 nitrogen and oxygen atoms in total. The molecule has 4 heterocycles. The van der Waals surface area contributed by atoms with Crippen LogP contribution >= 0.6 is 0 Å². The number of nitrogens with one attached hydrogen (secondary N) is 1. The zero-order valence-corrected chi connectivity index (χ0v) is 25.3. The number of carbonyl (C=O) groups excluding carboxylic acids is 1. The summed E-state index contributed by atoms with van der Waals surface area (Å²) < 4.78 is 24.1. The number of rotatable bonds is 9. The van der Waals surface area contributed by atoms with Gasteiger partial charge in [-0.1, -0.05) is 29.8 Å². The van der Waals surface area contributed by atoms with Gasteiger partial charge in [0.1, 0.15) is 17.3 Å². The molecule has 230 valence electrons. The molecule has 1 N–H and O–H groups in total. The van der Waals surface area contributed by atoms with Gasteiger partial charge in [0.05, 0.1) is 25.9 Å². The number of ether oxygens (including phenoxy) is 4. The van der Waals surface area contributed by atoms with Crippen LogP contribution in [0.15, 0.2) is 78.0 Å². The average Bonchev–Trinajstić information content (AvgIpc) is 3.06. The zero-order chi connectivity index (χ0) is 31.3. The van der Waals surface area contributed by atoms with E-state index in [1.165, 1.54) is 6.20 Å². The van der Waals surface area contributed by atoms with Crippen molar-refractivity contribution in [2.24, 2.45) is 5.92 Å². The van der Waals surface area contributed by atoms with Gasteiger partial charge < -0.3 is 24.3 Å². The summed E-state index contributed by atoms with van der Waals surface area (Å²) in [6.07, 6.45) is 6.65. The first-order valence-corrected chi connectivity index (χ1v) is 14.6. The highest BCUT2D eigenvalue weighted by molar-refractivity contribution is 6.02. The molecule has 0 bridgehead atoms. The Kier molecular flexibility index (Phi) is 8.70.